The van der Waals surface area contributed by atoms with E-state index in [9.17, 15) is 0 Å². The molecule has 0 radical (unpaired) electrons. The van der Waals surface area contributed by atoms with Gasteiger partial charge in [-0.3, -0.25) is 0 Å². The van der Waals surface area contributed by atoms with E-state index in [2.05, 4.69) is 146 Å². The standard InChI is InChI=1S/C42H24/c1-3-10-25(11-4-1)37-33-22-29-14-7-8-15-30(29)23-34(33)38(26-12-5-2-6-13-26)42-35-24-31-17-9-16-27-18-19-28-20-21-32(41(37)42)40(35)39(28)36(27)31/h1-24H. The van der Waals surface area contributed by atoms with E-state index in [1.54, 1.807) is 0 Å². The number of rotatable bonds is 2. The lowest BCUT2D eigenvalue weighted by Gasteiger charge is -2.21. The average Bonchev–Trinajstić information content (AvgIpc) is 3.37. The Morgan fingerprint density at radius 2 is 0.762 bits per heavy atom. The van der Waals surface area contributed by atoms with Gasteiger partial charge in [0.05, 0.1) is 0 Å². The Morgan fingerprint density at radius 1 is 0.262 bits per heavy atom. The summed E-state index contributed by atoms with van der Waals surface area (Å²) in [5.74, 6) is 0. The lowest BCUT2D eigenvalue weighted by Crippen LogP contribution is -1.94. The van der Waals surface area contributed by atoms with E-state index in [1.165, 1.54) is 98.4 Å². The first-order valence-corrected chi connectivity index (χ1v) is 14.7. The summed E-state index contributed by atoms with van der Waals surface area (Å²) in [5, 5.41) is 13.2. The molecule has 0 nitrogen and oxygen atoms in total. The van der Waals surface area contributed by atoms with Gasteiger partial charge in [0.15, 0.2) is 0 Å². The van der Waals surface area contributed by atoms with Gasteiger partial charge in [0, 0.05) is 0 Å². The normalized spacial score (nSPS) is 12.3. The summed E-state index contributed by atoms with van der Waals surface area (Å²) in [4.78, 5) is 0. The summed E-state index contributed by atoms with van der Waals surface area (Å²) >= 11 is 0. The van der Waals surface area contributed by atoms with Gasteiger partial charge in [0.25, 0.3) is 0 Å². The summed E-state index contributed by atoms with van der Waals surface area (Å²) in [7, 11) is 0. The highest BCUT2D eigenvalue weighted by molar-refractivity contribution is 6.36. The predicted octanol–water partition coefficient (Wildman–Crippen LogP) is 11.9. The van der Waals surface area contributed by atoms with Crippen molar-refractivity contribution in [2.24, 2.45) is 0 Å². The van der Waals surface area contributed by atoms with Crippen LogP contribution in [0.3, 0.4) is 0 Å². The maximum Gasteiger partial charge on any atom is -0.000719 e. The number of benzene rings is 9. The fraction of sp³-hybridized carbons (Fsp3) is 0. The molecular weight excluding hydrogens is 504 g/mol. The molecule has 1 aliphatic rings. The third-order valence-electron chi connectivity index (χ3n) is 9.47. The lowest BCUT2D eigenvalue weighted by atomic mass is 9.81. The molecule has 0 bridgehead atoms. The van der Waals surface area contributed by atoms with E-state index in [0.29, 0.717) is 0 Å². The second-order valence-electron chi connectivity index (χ2n) is 11.6. The predicted molar refractivity (Wildman–Crippen MR) is 180 cm³/mol. The van der Waals surface area contributed by atoms with E-state index >= 15 is 0 Å². The molecule has 192 valence electrons. The van der Waals surface area contributed by atoms with E-state index in [4.69, 9.17) is 0 Å². The van der Waals surface area contributed by atoms with Crippen LogP contribution in [0.2, 0.25) is 0 Å². The first-order chi connectivity index (χ1) is 20.8. The minimum absolute atomic E-state index is 1.26. The molecule has 0 heterocycles. The van der Waals surface area contributed by atoms with Gasteiger partial charge in [-0.2, -0.15) is 0 Å². The van der Waals surface area contributed by atoms with E-state index in [-0.39, 0.29) is 0 Å². The maximum absolute atomic E-state index is 2.47. The van der Waals surface area contributed by atoms with Crippen LogP contribution in [-0.4, -0.2) is 0 Å². The zero-order valence-electron chi connectivity index (χ0n) is 22.9. The van der Waals surface area contributed by atoms with Gasteiger partial charge in [-0.1, -0.05) is 127 Å². The molecule has 0 aromatic heterocycles. The maximum atomic E-state index is 2.47. The minimum atomic E-state index is 1.26. The molecule has 0 aliphatic heterocycles. The molecule has 0 N–H and O–H groups in total. The topological polar surface area (TPSA) is 0 Å². The molecule has 9 aromatic rings. The Hall–Kier alpha value is -5.46. The molecule has 0 saturated carbocycles. The Balaban J connectivity index is 1.52. The van der Waals surface area contributed by atoms with Crippen molar-refractivity contribution < 1.29 is 0 Å². The highest BCUT2D eigenvalue weighted by atomic mass is 14.3. The molecule has 0 heteroatoms. The largest absolute Gasteiger partial charge is 0.0622 e. The summed E-state index contributed by atoms with van der Waals surface area (Å²) in [6.07, 6.45) is 0. The smallest absolute Gasteiger partial charge is 0.000719 e. The molecule has 9 aromatic carbocycles. The van der Waals surface area contributed by atoms with Crippen LogP contribution in [0.5, 0.6) is 0 Å². The second-order valence-corrected chi connectivity index (χ2v) is 11.6. The summed E-state index contributed by atoms with van der Waals surface area (Å²) in [6, 6.07) is 54.2. The van der Waals surface area contributed by atoms with Crippen molar-refractivity contribution in [1.82, 2.24) is 0 Å². The molecule has 0 spiro atoms. The van der Waals surface area contributed by atoms with E-state index in [0.717, 1.165) is 0 Å². The number of hydrogen-bond donors (Lipinski definition) is 0. The lowest BCUT2D eigenvalue weighted by molar-refractivity contribution is 1.63. The van der Waals surface area contributed by atoms with Crippen LogP contribution in [0, 0.1) is 0 Å². The van der Waals surface area contributed by atoms with Crippen molar-refractivity contribution in [2.45, 2.75) is 0 Å². The summed E-state index contributed by atoms with van der Waals surface area (Å²) < 4.78 is 0. The fourth-order valence-corrected chi connectivity index (χ4v) is 7.78. The molecule has 0 unspecified atom stereocenters. The highest BCUT2D eigenvalue weighted by Gasteiger charge is 2.32. The van der Waals surface area contributed by atoms with Gasteiger partial charge in [-0.05, 0) is 117 Å². The quantitative estimate of drug-likeness (QED) is 0.155. The molecule has 10 rings (SSSR count). The van der Waals surface area contributed by atoms with E-state index in [1.807, 2.05) is 0 Å². The van der Waals surface area contributed by atoms with Crippen molar-refractivity contribution in [1.29, 1.82) is 0 Å². The van der Waals surface area contributed by atoms with Crippen LogP contribution in [0.15, 0.2) is 146 Å². The molecule has 0 atom stereocenters. The Morgan fingerprint density at radius 3 is 1.40 bits per heavy atom. The SMILES string of the molecule is c1ccc(-c2c3c(c(-c4ccccc4)c4cc5ccccc5cc24)-c2cc4cccc5ccc6ccc-3c2c6c54)cc1. The van der Waals surface area contributed by atoms with Gasteiger partial charge in [0.1, 0.15) is 0 Å². The zero-order valence-corrected chi connectivity index (χ0v) is 22.9. The van der Waals surface area contributed by atoms with Gasteiger partial charge in [-0.15, -0.1) is 0 Å². The zero-order chi connectivity index (χ0) is 27.4. The van der Waals surface area contributed by atoms with Gasteiger partial charge >= 0.3 is 0 Å². The van der Waals surface area contributed by atoms with Crippen molar-refractivity contribution in [2.75, 3.05) is 0 Å². The monoisotopic (exact) mass is 528 g/mol. The Kier molecular flexibility index (Phi) is 4.27. The van der Waals surface area contributed by atoms with E-state index < -0.39 is 0 Å². The third kappa shape index (κ3) is 2.81. The highest BCUT2D eigenvalue weighted by Crippen LogP contribution is 2.59. The van der Waals surface area contributed by atoms with Crippen molar-refractivity contribution in [3.8, 4) is 44.5 Å². The third-order valence-corrected chi connectivity index (χ3v) is 9.47. The van der Waals surface area contributed by atoms with Crippen LogP contribution >= 0.6 is 0 Å². The number of hydrogen-bond acceptors (Lipinski definition) is 0. The van der Waals surface area contributed by atoms with Gasteiger partial charge in [-0.25, -0.2) is 0 Å². The van der Waals surface area contributed by atoms with Gasteiger partial charge in [0.2, 0.25) is 0 Å². The van der Waals surface area contributed by atoms with Crippen LogP contribution in [0.1, 0.15) is 0 Å². The molecule has 0 amide bonds. The first kappa shape index (κ1) is 22.3. The molecule has 1 aliphatic carbocycles. The molecule has 0 saturated heterocycles. The van der Waals surface area contributed by atoms with Crippen LogP contribution < -0.4 is 0 Å². The Labute approximate surface area is 243 Å². The molecule has 0 fully saturated rings. The Bertz CT molecular complexity index is 2540. The number of fused-ring (bicyclic) bond motifs is 5. The molecular formula is C42H24. The van der Waals surface area contributed by atoms with Crippen LogP contribution in [0.25, 0.3) is 98.4 Å². The fourth-order valence-electron chi connectivity index (χ4n) is 7.78. The van der Waals surface area contributed by atoms with Crippen molar-refractivity contribution in [3.63, 3.8) is 0 Å². The van der Waals surface area contributed by atoms with Crippen LogP contribution in [0.4, 0.5) is 0 Å². The van der Waals surface area contributed by atoms with Gasteiger partial charge < -0.3 is 0 Å². The van der Waals surface area contributed by atoms with Crippen molar-refractivity contribution in [3.05, 3.63) is 146 Å². The minimum Gasteiger partial charge on any atom is -0.0622 e. The van der Waals surface area contributed by atoms with Crippen LogP contribution in [-0.2, 0) is 0 Å². The average molecular weight is 529 g/mol. The molecule has 42 heavy (non-hydrogen) atoms. The second kappa shape index (κ2) is 8.06. The summed E-state index contributed by atoms with van der Waals surface area (Å²) in [6.45, 7) is 0. The first-order valence-electron chi connectivity index (χ1n) is 14.7. The summed E-state index contributed by atoms with van der Waals surface area (Å²) in [5.41, 5.74) is 10.6. The van der Waals surface area contributed by atoms with Crippen molar-refractivity contribution >= 4 is 53.9 Å².